The molecule has 0 nitrogen and oxygen atoms in total. The zero-order valence-electron chi connectivity index (χ0n) is 9.26. The Morgan fingerprint density at radius 2 is 2.00 bits per heavy atom. The summed E-state index contributed by atoms with van der Waals surface area (Å²) in [5.41, 5.74) is 1.45. The minimum absolute atomic E-state index is 0.809. The predicted octanol–water partition coefficient (Wildman–Crippen LogP) is 4.38. The molecule has 0 aliphatic heterocycles. The van der Waals surface area contributed by atoms with E-state index in [1.54, 1.807) is 4.91 Å². The fourth-order valence-corrected chi connectivity index (χ4v) is 2.45. The Hall–Kier alpha value is 0.440. The van der Waals surface area contributed by atoms with Gasteiger partial charge in [-0.25, -0.2) is 0 Å². The van der Waals surface area contributed by atoms with Crippen molar-refractivity contribution < 1.29 is 0 Å². The fraction of sp³-hybridized carbons (Fsp3) is 0.818. The molecule has 0 radical (unpaired) electrons. The van der Waals surface area contributed by atoms with E-state index in [1.807, 2.05) is 11.8 Å². The first-order chi connectivity index (χ1) is 6.15. The zero-order valence-corrected chi connectivity index (χ0v) is 11.0. The van der Waals surface area contributed by atoms with Gasteiger partial charge in [0.05, 0.1) is 0 Å². The Balaban J connectivity index is 4.25. The van der Waals surface area contributed by atoms with Gasteiger partial charge in [-0.3, -0.25) is 0 Å². The van der Waals surface area contributed by atoms with E-state index in [9.17, 15) is 0 Å². The monoisotopic (exact) mass is 218 g/mol. The zero-order chi connectivity index (χ0) is 10.3. The largest absolute Gasteiger partial charge is 0.175 e. The standard InChI is InChI=1S/C11H22S2/c1-5-9(3)7-11(13-6-2)10(4)8-12/h9,12H,5-8H2,1-4H3. The number of hydrogen-bond acceptors (Lipinski definition) is 2. The molecule has 0 aromatic heterocycles. The van der Waals surface area contributed by atoms with Crippen LogP contribution in [0.25, 0.3) is 0 Å². The van der Waals surface area contributed by atoms with Crippen LogP contribution < -0.4 is 0 Å². The molecule has 0 spiro atoms. The number of rotatable bonds is 6. The third kappa shape index (κ3) is 5.69. The maximum atomic E-state index is 4.33. The van der Waals surface area contributed by atoms with Gasteiger partial charge in [-0.05, 0) is 29.9 Å². The normalized spacial score (nSPS) is 15.5. The molecule has 0 bridgehead atoms. The van der Waals surface area contributed by atoms with E-state index in [0.29, 0.717) is 0 Å². The second-order valence-corrected chi connectivity index (χ2v) is 5.19. The van der Waals surface area contributed by atoms with Crippen LogP contribution in [0.4, 0.5) is 0 Å². The van der Waals surface area contributed by atoms with Gasteiger partial charge in [0.15, 0.2) is 0 Å². The smallest absolute Gasteiger partial charge is 0.0121 e. The van der Waals surface area contributed by atoms with Gasteiger partial charge in [0.2, 0.25) is 0 Å². The maximum Gasteiger partial charge on any atom is 0.0121 e. The van der Waals surface area contributed by atoms with Gasteiger partial charge in [0, 0.05) is 5.75 Å². The first kappa shape index (κ1) is 13.4. The molecule has 0 aliphatic carbocycles. The molecule has 2 heteroatoms. The summed E-state index contributed by atoms with van der Waals surface area (Å²) >= 11 is 6.31. The van der Waals surface area contributed by atoms with Crippen molar-refractivity contribution in [2.45, 2.75) is 40.5 Å². The number of allylic oxidation sites excluding steroid dienone is 1. The quantitative estimate of drug-likeness (QED) is 0.646. The topological polar surface area (TPSA) is 0 Å². The Kier molecular flexibility index (Phi) is 8.07. The predicted molar refractivity (Wildman–Crippen MR) is 68.8 cm³/mol. The lowest BCUT2D eigenvalue weighted by Crippen LogP contribution is -1.96. The highest BCUT2D eigenvalue weighted by atomic mass is 32.2. The summed E-state index contributed by atoms with van der Waals surface area (Å²) in [5.74, 6) is 2.89. The van der Waals surface area contributed by atoms with Crippen molar-refractivity contribution >= 4 is 24.4 Å². The van der Waals surface area contributed by atoms with E-state index in [2.05, 4.69) is 40.3 Å². The van der Waals surface area contributed by atoms with Crippen molar-refractivity contribution in [2.75, 3.05) is 11.5 Å². The molecule has 0 rings (SSSR count). The van der Waals surface area contributed by atoms with Crippen LogP contribution in [0.5, 0.6) is 0 Å². The molecule has 0 saturated carbocycles. The minimum Gasteiger partial charge on any atom is -0.175 e. The molecule has 0 heterocycles. The van der Waals surface area contributed by atoms with Gasteiger partial charge in [0.1, 0.15) is 0 Å². The van der Waals surface area contributed by atoms with Crippen LogP contribution in [0.2, 0.25) is 0 Å². The van der Waals surface area contributed by atoms with Crippen LogP contribution in [0, 0.1) is 5.92 Å². The first-order valence-corrected chi connectivity index (χ1v) is 6.69. The second kappa shape index (κ2) is 7.81. The van der Waals surface area contributed by atoms with Crippen molar-refractivity contribution in [1.82, 2.24) is 0 Å². The third-order valence-electron chi connectivity index (χ3n) is 2.26. The lowest BCUT2D eigenvalue weighted by Gasteiger charge is -2.14. The third-order valence-corrected chi connectivity index (χ3v) is 3.89. The van der Waals surface area contributed by atoms with Crippen LogP contribution in [0.15, 0.2) is 10.5 Å². The summed E-state index contributed by atoms with van der Waals surface area (Å²) in [5, 5.41) is 0. The van der Waals surface area contributed by atoms with E-state index >= 15 is 0 Å². The van der Waals surface area contributed by atoms with Crippen molar-refractivity contribution in [3.8, 4) is 0 Å². The van der Waals surface area contributed by atoms with Crippen molar-refractivity contribution in [1.29, 1.82) is 0 Å². The van der Waals surface area contributed by atoms with Gasteiger partial charge in [-0.1, -0.05) is 32.8 Å². The molecule has 0 N–H and O–H groups in total. The molecule has 0 amide bonds. The van der Waals surface area contributed by atoms with Crippen LogP contribution >= 0.6 is 24.4 Å². The highest BCUT2D eigenvalue weighted by Crippen LogP contribution is 2.28. The van der Waals surface area contributed by atoms with Gasteiger partial charge in [-0.2, -0.15) is 12.6 Å². The van der Waals surface area contributed by atoms with Crippen LogP contribution in [-0.4, -0.2) is 11.5 Å². The molecule has 0 saturated heterocycles. The molecule has 13 heavy (non-hydrogen) atoms. The molecule has 0 aliphatic rings. The average molecular weight is 218 g/mol. The molecular formula is C11H22S2. The highest BCUT2D eigenvalue weighted by molar-refractivity contribution is 8.03. The highest BCUT2D eigenvalue weighted by Gasteiger charge is 2.06. The van der Waals surface area contributed by atoms with Crippen LogP contribution in [0.3, 0.4) is 0 Å². The Bertz CT molecular complexity index is 161. The molecule has 1 unspecified atom stereocenters. The summed E-state index contributed by atoms with van der Waals surface area (Å²) in [7, 11) is 0. The second-order valence-electron chi connectivity index (χ2n) is 3.51. The van der Waals surface area contributed by atoms with E-state index in [-0.39, 0.29) is 0 Å². The molecule has 0 fully saturated rings. The van der Waals surface area contributed by atoms with Crippen LogP contribution in [-0.2, 0) is 0 Å². The number of hydrogen-bond donors (Lipinski definition) is 1. The number of thiol groups is 1. The van der Waals surface area contributed by atoms with Crippen molar-refractivity contribution in [2.24, 2.45) is 5.92 Å². The Morgan fingerprint density at radius 3 is 2.38 bits per heavy atom. The lowest BCUT2D eigenvalue weighted by atomic mass is 10.0. The summed E-state index contributed by atoms with van der Waals surface area (Å²) in [4.78, 5) is 1.56. The van der Waals surface area contributed by atoms with Crippen LogP contribution in [0.1, 0.15) is 40.5 Å². The van der Waals surface area contributed by atoms with Gasteiger partial charge in [-0.15, -0.1) is 11.8 Å². The maximum absolute atomic E-state index is 4.33. The Labute approximate surface area is 93.0 Å². The summed E-state index contributed by atoms with van der Waals surface area (Å²) in [6.45, 7) is 9.00. The van der Waals surface area contributed by atoms with Gasteiger partial charge in [0.25, 0.3) is 0 Å². The molecule has 0 aromatic rings. The van der Waals surface area contributed by atoms with E-state index in [1.165, 1.54) is 24.2 Å². The Morgan fingerprint density at radius 1 is 1.38 bits per heavy atom. The van der Waals surface area contributed by atoms with Gasteiger partial charge < -0.3 is 0 Å². The summed E-state index contributed by atoms with van der Waals surface area (Å²) in [6.07, 6.45) is 2.51. The molecule has 0 aromatic carbocycles. The molecular weight excluding hydrogens is 196 g/mol. The average Bonchev–Trinajstić information content (AvgIpc) is 2.15. The van der Waals surface area contributed by atoms with E-state index in [4.69, 9.17) is 0 Å². The van der Waals surface area contributed by atoms with Crippen molar-refractivity contribution in [3.05, 3.63) is 10.5 Å². The van der Waals surface area contributed by atoms with Crippen molar-refractivity contribution in [3.63, 3.8) is 0 Å². The fourth-order valence-electron chi connectivity index (χ4n) is 1.08. The SMILES string of the molecule is CCSC(CC(C)CC)=C(C)CS. The molecule has 78 valence electrons. The van der Waals surface area contributed by atoms with E-state index in [0.717, 1.165) is 11.7 Å². The molecule has 1 atom stereocenters. The summed E-state index contributed by atoms with van der Waals surface area (Å²) in [6, 6.07) is 0. The van der Waals surface area contributed by atoms with Gasteiger partial charge >= 0.3 is 0 Å². The first-order valence-electron chi connectivity index (χ1n) is 5.07. The van der Waals surface area contributed by atoms with E-state index < -0.39 is 0 Å². The lowest BCUT2D eigenvalue weighted by molar-refractivity contribution is 0.566. The number of thioether (sulfide) groups is 1. The summed E-state index contributed by atoms with van der Waals surface area (Å²) < 4.78 is 0. The minimum atomic E-state index is 0.809.